The molecule has 3 heterocycles. The van der Waals surface area contributed by atoms with Gasteiger partial charge in [-0.25, -0.2) is 0 Å². The fourth-order valence-corrected chi connectivity index (χ4v) is 6.94. The maximum absolute atomic E-state index is 2.79. The van der Waals surface area contributed by atoms with Crippen molar-refractivity contribution in [3.05, 3.63) is 52.5 Å². The Morgan fingerprint density at radius 3 is 2.60 bits per heavy atom. The molecule has 2 aliphatic rings. The van der Waals surface area contributed by atoms with Gasteiger partial charge in [-0.05, 0) is 44.4 Å². The number of aryl methyl sites for hydroxylation is 2. The molecule has 0 unspecified atom stereocenters. The van der Waals surface area contributed by atoms with Gasteiger partial charge in [0.25, 0.3) is 0 Å². The van der Waals surface area contributed by atoms with Crippen molar-refractivity contribution in [2.45, 2.75) is 57.5 Å². The third-order valence-electron chi connectivity index (χ3n) is 6.49. The molecule has 3 aromatic rings. The Labute approximate surface area is 154 Å². The topological polar surface area (TPSA) is 8.17 Å². The van der Waals surface area contributed by atoms with Crippen molar-refractivity contribution in [1.82, 2.24) is 4.57 Å². The second-order valence-corrected chi connectivity index (χ2v) is 8.91. The summed E-state index contributed by atoms with van der Waals surface area (Å²) < 4.78 is 2.31. The van der Waals surface area contributed by atoms with Crippen LogP contribution in [0.15, 0.2) is 36.5 Å². The van der Waals surface area contributed by atoms with Crippen molar-refractivity contribution in [2.24, 2.45) is 7.05 Å². The van der Waals surface area contributed by atoms with Gasteiger partial charge in [-0.15, -0.1) is 11.3 Å². The van der Waals surface area contributed by atoms with E-state index >= 15 is 0 Å². The van der Waals surface area contributed by atoms with E-state index in [9.17, 15) is 0 Å². The van der Waals surface area contributed by atoms with E-state index in [-0.39, 0.29) is 5.54 Å². The summed E-state index contributed by atoms with van der Waals surface area (Å²) in [5.74, 6) is 0. The molecule has 1 aromatic carbocycles. The molecule has 1 atom stereocenters. The largest absolute Gasteiger partial charge is 0.354 e. The van der Waals surface area contributed by atoms with Crippen LogP contribution >= 0.6 is 11.3 Å². The highest BCUT2D eigenvalue weighted by atomic mass is 32.1. The van der Waals surface area contributed by atoms with Crippen molar-refractivity contribution in [3.8, 4) is 0 Å². The average Bonchev–Trinajstić information content (AvgIpc) is 3.23. The van der Waals surface area contributed by atoms with E-state index in [0.29, 0.717) is 6.04 Å². The summed E-state index contributed by atoms with van der Waals surface area (Å²) in [6, 6.07) is 11.8. The number of benzene rings is 1. The van der Waals surface area contributed by atoms with Crippen LogP contribution in [-0.2, 0) is 12.6 Å². The van der Waals surface area contributed by atoms with Gasteiger partial charge in [0.1, 0.15) is 4.83 Å². The lowest BCUT2D eigenvalue weighted by molar-refractivity contribution is 0.288. The molecule has 1 aliphatic carbocycles. The summed E-state index contributed by atoms with van der Waals surface area (Å²) in [5, 5.41) is 1.48. The van der Waals surface area contributed by atoms with Gasteiger partial charge in [0.05, 0.1) is 11.6 Å². The van der Waals surface area contributed by atoms with Crippen LogP contribution < -0.4 is 4.90 Å². The van der Waals surface area contributed by atoms with Crippen LogP contribution in [0.4, 0.5) is 5.69 Å². The fourth-order valence-electron chi connectivity index (χ4n) is 5.37. The van der Waals surface area contributed by atoms with Crippen molar-refractivity contribution >= 4 is 27.2 Å². The van der Waals surface area contributed by atoms with E-state index in [4.69, 9.17) is 0 Å². The van der Waals surface area contributed by atoms with E-state index in [1.165, 1.54) is 53.6 Å². The highest BCUT2D eigenvalue weighted by Gasteiger charge is 2.51. The molecule has 130 valence electrons. The van der Waals surface area contributed by atoms with Gasteiger partial charge >= 0.3 is 0 Å². The normalized spacial score (nSPS) is 22.0. The number of fused-ring (bicyclic) bond motifs is 4. The van der Waals surface area contributed by atoms with Crippen LogP contribution in [0.5, 0.6) is 0 Å². The van der Waals surface area contributed by atoms with Crippen LogP contribution in [0.3, 0.4) is 0 Å². The first-order chi connectivity index (χ1) is 12.1. The number of aromatic nitrogens is 1. The van der Waals surface area contributed by atoms with Gasteiger partial charge in [0.15, 0.2) is 0 Å². The summed E-state index contributed by atoms with van der Waals surface area (Å²) in [4.78, 5) is 5.89. The lowest BCUT2D eigenvalue weighted by Crippen LogP contribution is -2.44. The molecular formula is C22H26N2S. The van der Waals surface area contributed by atoms with Crippen molar-refractivity contribution in [3.63, 3.8) is 0 Å². The summed E-state index contributed by atoms with van der Waals surface area (Å²) in [5.41, 5.74) is 4.65. The molecule has 0 bridgehead atoms. The van der Waals surface area contributed by atoms with Crippen molar-refractivity contribution in [2.75, 3.05) is 4.90 Å². The molecule has 0 saturated heterocycles. The first-order valence-corrected chi connectivity index (χ1v) is 10.4. The zero-order valence-corrected chi connectivity index (χ0v) is 16.2. The number of hydrogen-bond acceptors (Lipinski definition) is 2. The summed E-state index contributed by atoms with van der Waals surface area (Å²) in [6.07, 6.45) is 8.90. The molecular weight excluding hydrogens is 324 g/mol. The molecule has 1 spiro atoms. The first kappa shape index (κ1) is 15.5. The minimum atomic E-state index is 0.211. The van der Waals surface area contributed by atoms with E-state index in [0.717, 1.165) is 0 Å². The number of nitrogens with zero attached hydrogens (tertiary/aromatic N) is 2. The lowest BCUT2D eigenvalue weighted by Gasteiger charge is -2.45. The quantitative estimate of drug-likeness (QED) is 0.501. The van der Waals surface area contributed by atoms with Gasteiger partial charge in [-0.3, -0.25) is 0 Å². The van der Waals surface area contributed by atoms with E-state index < -0.39 is 0 Å². The molecule has 0 radical (unpaired) electrons. The monoisotopic (exact) mass is 350 g/mol. The zero-order chi connectivity index (χ0) is 17.2. The van der Waals surface area contributed by atoms with Gasteiger partial charge in [0.2, 0.25) is 0 Å². The Morgan fingerprint density at radius 1 is 1.08 bits per heavy atom. The second kappa shape index (κ2) is 5.38. The number of para-hydroxylation sites is 1. The smallest absolute Gasteiger partial charge is 0.103 e. The molecule has 0 N–H and O–H groups in total. The zero-order valence-electron chi connectivity index (χ0n) is 15.4. The van der Waals surface area contributed by atoms with Crippen LogP contribution in [0.25, 0.3) is 10.2 Å². The van der Waals surface area contributed by atoms with Gasteiger partial charge in [0, 0.05) is 34.8 Å². The number of rotatable bonds is 1. The molecule has 3 heteroatoms. The minimum Gasteiger partial charge on any atom is -0.354 e. The summed E-state index contributed by atoms with van der Waals surface area (Å²) >= 11 is 2.05. The van der Waals surface area contributed by atoms with Crippen LogP contribution in [-0.4, -0.2) is 4.57 Å². The Balaban J connectivity index is 1.78. The lowest BCUT2D eigenvalue weighted by atomic mass is 9.80. The fraction of sp³-hybridized carbons (Fsp3) is 0.455. The first-order valence-electron chi connectivity index (χ1n) is 9.57. The third-order valence-corrected chi connectivity index (χ3v) is 8.00. The third kappa shape index (κ3) is 1.96. The molecule has 5 rings (SSSR count). The number of hydrogen-bond donors (Lipinski definition) is 0. The molecule has 0 amide bonds. The molecule has 2 aromatic heterocycles. The second-order valence-electron chi connectivity index (χ2n) is 7.92. The maximum Gasteiger partial charge on any atom is 0.103 e. The highest BCUT2D eigenvalue weighted by molar-refractivity contribution is 7.19. The van der Waals surface area contributed by atoms with Gasteiger partial charge in [-0.1, -0.05) is 37.5 Å². The standard InChI is InChI=1S/C22H26N2S/c1-15-9-5-6-10-18(15)24-16(2)19-17-11-14-23(3)21(17)25-20(19)22(24)12-7-4-8-13-22/h5-6,9-11,14,16H,4,7-8,12-13H2,1-3H3/t16-/m0/s1. The molecule has 1 aliphatic heterocycles. The van der Waals surface area contributed by atoms with Crippen LogP contribution in [0, 0.1) is 6.92 Å². The van der Waals surface area contributed by atoms with E-state index in [1.54, 1.807) is 10.4 Å². The Bertz CT molecular complexity index is 942. The van der Waals surface area contributed by atoms with E-state index in [1.807, 2.05) is 0 Å². The summed E-state index contributed by atoms with van der Waals surface area (Å²) in [7, 11) is 2.19. The average molecular weight is 351 g/mol. The van der Waals surface area contributed by atoms with Crippen LogP contribution in [0.1, 0.15) is 61.1 Å². The predicted octanol–water partition coefficient (Wildman–Crippen LogP) is 6.29. The van der Waals surface area contributed by atoms with Gasteiger partial charge < -0.3 is 9.47 Å². The van der Waals surface area contributed by atoms with Gasteiger partial charge in [-0.2, -0.15) is 0 Å². The Hall–Kier alpha value is -1.74. The number of anilines is 1. The molecule has 2 nitrogen and oxygen atoms in total. The Kier molecular flexibility index (Phi) is 3.34. The Morgan fingerprint density at radius 2 is 1.84 bits per heavy atom. The van der Waals surface area contributed by atoms with Crippen molar-refractivity contribution in [1.29, 1.82) is 0 Å². The van der Waals surface area contributed by atoms with Crippen LogP contribution in [0.2, 0.25) is 0 Å². The molecule has 1 saturated carbocycles. The highest BCUT2D eigenvalue weighted by Crippen LogP contribution is 2.59. The SMILES string of the molecule is Cc1ccccc1N1[C@@H](C)c2c(sc3c2ccn3C)C12CCCCC2. The number of thiophene rings is 1. The molecule has 1 fully saturated rings. The van der Waals surface area contributed by atoms with Crippen molar-refractivity contribution < 1.29 is 0 Å². The maximum atomic E-state index is 2.79. The summed E-state index contributed by atoms with van der Waals surface area (Å²) in [6.45, 7) is 4.69. The predicted molar refractivity (Wildman–Crippen MR) is 108 cm³/mol. The molecule has 25 heavy (non-hydrogen) atoms. The minimum absolute atomic E-state index is 0.211. The van der Waals surface area contributed by atoms with E-state index in [2.05, 4.69) is 78.2 Å².